The lowest BCUT2D eigenvalue weighted by Gasteiger charge is -2.47. The van der Waals surface area contributed by atoms with E-state index in [1.807, 2.05) is 0 Å². The number of nitrogens with one attached hydrogen (secondary N) is 2. The summed E-state index contributed by atoms with van der Waals surface area (Å²) in [6.07, 6.45) is 9.51. The van der Waals surface area contributed by atoms with Crippen molar-refractivity contribution in [1.29, 1.82) is 0 Å². The first-order valence-corrected chi connectivity index (χ1v) is 7.91. The summed E-state index contributed by atoms with van der Waals surface area (Å²) in [4.78, 5) is 1.68. The van der Waals surface area contributed by atoms with Crippen LogP contribution in [-0.4, -0.2) is 38.4 Å². The third-order valence-corrected chi connectivity index (χ3v) is 5.31. The monoisotopic (exact) mass is 257 g/mol. The largest absolute Gasteiger partial charge is 0.329 e. The second-order valence-corrected chi connectivity index (χ2v) is 6.33. The molecule has 0 aliphatic carbocycles. The van der Waals surface area contributed by atoms with Crippen LogP contribution in [-0.2, 0) is 0 Å². The van der Waals surface area contributed by atoms with Gasteiger partial charge in [-0.2, -0.15) is 0 Å². The minimum Gasteiger partial charge on any atom is -0.329 e. The number of rotatable bonds is 2. The number of hydrogen-bond donors (Lipinski definition) is 2. The third kappa shape index (κ3) is 3.05. The first-order valence-electron chi connectivity index (χ1n) is 7.91. The molecule has 106 valence electrons. The molecule has 0 amide bonds. The fourth-order valence-electron chi connectivity index (χ4n) is 3.88. The molecule has 0 aromatic rings. The van der Waals surface area contributed by atoms with Crippen LogP contribution in [0.15, 0.2) is 0 Å². The minimum atomic E-state index is -0.122. The van der Waals surface area contributed by atoms with Gasteiger partial charge in [-0.05, 0) is 25.9 Å². The smallest absolute Gasteiger partial charge is 0.108 e. The molecule has 0 aromatic carbocycles. The Hall–Kier alpha value is -0.150. The van der Waals surface area contributed by atoms with E-state index >= 15 is 0 Å². The number of quaternary nitrogens is 1. The molecule has 3 aliphatic rings. The van der Waals surface area contributed by atoms with Crippen molar-refractivity contribution in [3.8, 4) is 0 Å². The Morgan fingerprint density at radius 1 is 1.06 bits per heavy atom. The van der Waals surface area contributed by atoms with E-state index in [1.54, 1.807) is 4.90 Å². The topological polar surface area (TPSA) is 16.5 Å². The Morgan fingerprint density at radius 3 is 2.28 bits per heavy atom. The SMILES string of the molecule is C1CCCNCC1.CC(CF)C12CCC[NH+]1CC2. The van der Waals surface area contributed by atoms with Gasteiger partial charge in [-0.1, -0.05) is 19.8 Å². The number of halogens is 1. The van der Waals surface area contributed by atoms with Crippen molar-refractivity contribution in [2.45, 2.75) is 57.4 Å². The Kier molecular flexibility index (Phi) is 5.43. The summed E-state index contributed by atoms with van der Waals surface area (Å²) >= 11 is 0. The van der Waals surface area contributed by atoms with Gasteiger partial charge in [0.1, 0.15) is 5.54 Å². The van der Waals surface area contributed by atoms with E-state index in [-0.39, 0.29) is 6.67 Å². The average Bonchev–Trinajstić information content (AvgIpc) is 2.63. The van der Waals surface area contributed by atoms with Crippen LogP contribution < -0.4 is 10.2 Å². The second-order valence-electron chi connectivity index (χ2n) is 6.33. The van der Waals surface area contributed by atoms with E-state index < -0.39 is 0 Å². The zero-order valence-electron chi connectivity index (χ0n) is 11.9. The van der Waals surface area contributed by atoms with E-state index in [2.05, 4.69) is 12.2 Å². The Balaban J connectivity index is 0.000000149. The summed E-state index contributed by atoms with van der Waals surface area (Å²) in [6, 6.07) is 0. The molecule has 3 unspecified atom stereocenters. The molecule has 0 radical (unpaired) electrons. The first kappa shape index (κ1) is 14.3. The van der Waals surface area contributed by atoms with E-state index in [9.17, 15) is 4.39 Å². The molecule has 3 heterocycles. The van der Waals surface area contributed by atoms with Crippen molar-refractivity contribution in [1.82, 2.24) is 5.32 Å². The molecule has 18 heavy (non-hydrogen) atoms. The van der Waals surface area contributed by atoms with Gasteiger partial charge in [-0.15, -0.1) is 0 Å². The Morgan fingerprint density at radius 2 is 1.78 bits per heavy atom. The quantitative estimate of drug-likeness (QED) is 0.767. The van der Waals surface area contributed by atoms with Gasteiger partial charge in [-0.3, -0.25) is 4.39 Å². The Labute approximate surface area is 111 Å². The summed E-state index contributed by atoms with van der Waals surface area (Å²) in [5, 5.41) is 3.35. The predicted molar refractivity (Wildman–Crippen MR) is 73.8 cm³/mol. The van der Waals surface area contributed by atoms with Crippen molar-refractivity contribution in [2.24, 2.45) is 5.92 Å². The fraction of sp³-hybridized carbons (Fsp3) is 1.00. The molecule has 3 saturated heterocycles. The molecule has 0 spiro atoms. The fourth-order valence-corrected chi connectivity index (χ4v) is 3.88. The zero-order valence-corrected chi connectivity index (χ0v) is 11.9. The summed E-state index contributed by atoms with van der Waals surface area (Å²) < 4.78 is 12.5. The highest BCUT2D eigenvalue weighted by Crippen LogP contribution is 2.31. The lowest BCUT2D eigenvalue weighted by Crippen LogP contribution is -3.25. The van der Waals surface area contributed by atoms with Gasteiger partial charge in [0.15, 0.2) is 0 Å². The van der Waals surface area contributed by atoms with Gasteiger partial charge in [0, 0.05) is 18.8 Å². The molecule has 3 fully saturated rings. The van der Waals surface area contributed by atoms with E-state index in [1.165, 1.54) is 71.1 Å². The average molecular weight is 257 g/mol. The lowest BCUT2D eigenvalue weighted by molar-refractivity contribution is -0.988. The van der Waals surface area contributed by atoms with Crippen LogP contribution in [0.1, 0.15) is 51.9 Å². The molecule has 3 atom stereocenters. The molecular weight excluding hydrogens is 227 g/mol. The summed E-state index contributed by atoms with van der Waals surface area (Å²) in [7, 11) is 0. The third-order valence-electron chi connectivity index (χ3n) is 5.31. The molecule has 0 aromatic heterocycles. The molecule has 3 rings (SSSR count). The van der Waals surface area contributed by atoms with Crippen molar-refractivity contribution in [2.75, 3.05) is 32.9 Å². The summed E-state index contributed by atoms with van der Waals surface area (Å²) in [5.41, 5.74) is 0.384. The molecule has 0 saturated carbocycles. The number of alkyl halides is 1. The summed E-state index contributed by atoms with van der Waals surface area (Å²) in [5.74, 6) is 0.300. The maximum atomic E-state index is 12.5. The van der Waals surface area contributed by atoms with Crippen LogP contribution in [0, 0.1) is 5.92 Å². The molecule has 2 N–H and O–H groups in total. The zero-order chi connectivity index (χ0) is 12.8. The van der Waals surface area contributed by atoms with Crippen molar-refractivity contribution in [3.05, 3.63) is 0 Å². The van der Waals surface area contributed by atoms with Gasteiger partial charge in [-0.25, -0.2) is 0 Å². The lowest BCUT2D eigenvalue weighted by atomic mass is 9.75. The van der Waals surface area contributed by atoms with Crippen LogP contribution in [0.4, 0.5) is 4.39 Å². The Bertz CT molecular complexity index is 227. The van der Waals surface area contributed by atoms with Crippen molar-refractivity contribution in [3.63, 3.8) is 0 Å². The van der Waals surface area contributed by atoms with Crippen molar-refractivity contribution >= 4 is 0 Å². The van der Waals surface area contributed by atoms with Crippen LogP contribution >= 0.6 is 0 Å². The molecular formula is C15H30FN2+. The first-order chi connectivity index (χ1) is 8.79. The highest BCUT2D eigenvalue weighted by atomic mass is 19.1. The number of fused-ring (bicyclic) bond motifs is 1. The molecule has 0 bridgehead atoms. The maximum absolute atomic E-state index is 12.5. The van der Waals surface area contributed by atoms with Crippen molar-refractivity contribution < 1.29 is 9.29 Å². The van der Waals surface area contributed by atoms with E-state index in [0.717, 1.165) is 0 Å². The highest BCUT2D eigenvalue weighted by Gasteiger charge is 2.55. The van der Waals surface area contributed by atoms with Gasteiger partial charge in [0.25, 0.3) is 0 Å². The second kappa shape index (κ2) is 6.85. The predicted octanol–water partition coefficient (Wildman–Crippen LogP) is 1.56. The molecule has 3 heteroatoms. The number of hydrogen-bond acceptors (Lipinski definition) is 1. The van der Waals surface area contributed by atoms with E-state index in [0.29, 0.717) is 11.5 Å². The standard InChI is InChI=1S/C9H16FN.C6H13N/c1-8(7-10)9-3-2-5-11(9)6-4-9;1-2-4-6-7-5-3-1/h8H,2-7H2,1H3;7H,1-6H2/p+1. The molecule has 3 aliphatic heterocycles. The molecule has 2 nitrogen and oxygen atoms in total. The maximum Gasteiger partial charge on any atom is 0.108 e. The summed E-state index contributed by atoms with van der Waals surface area (Å²) in [6.45, 7) is 7.04. The van der Waals surface area contributed by atoms with Gasteiger partial charge in [0.2, 0.25) is 0 Å². The van der Waals surface area contributed by atoms with E-state index in [4.69, 9.17) is 0 Å². The van der Waals surface area contributed by atoms with Gasteiger partial charge in [0.05, 0.1) is 26.2 Å². The van der Waals surface area contributed by atoms with Crippen LogP contribution in [0.2, 0.25) is 0 Å². The van der Waals surface area contributed by atoms with Gasteiger partial charge >= 0.3 is 0 Å². The normalized spacial score (nSPS) is 36.7. The minimum absolute atomic E-state index is 0.122. The van der Waals surface area contributed by atoms with Crippen LogP contribution in [0.3, 0.4) is 0 Å². The van der Waals surface area contributed by atoms with Gasteiger partial charge < -0.3 is 10.2 Å². The van der Waals surface area contributed by atoms with Crippen LogP contribution in [0.25, 0.3) is 0 Å². The van der Waals surface area contributed by atoms with Crippen LogP contribution in [0.5, 0.6) is 0 Å². The highest BCUT2D eigenvalue weighted by molar-refractivity contribution is 4.92.